The maximum atomic E-state index is 2.37. The molecule has 6 rings (SSSR count). The second-order valence-electron chi connectivity index (χ2n) is 6.48. The zero-order chi connectivity index (χ0) is 19.1. The van der Waals surface area contributed by atoms with Crippen LogP contribution in [0.15, 0.2) is 84.9 Å². The SMILES string of the molecule is Ic1ccc2sc3ccc(I)cc3c2c1.c1ccc2c(c1)sc1ccccc12. The van der Waals surface area contributed by atoms with E-state index in [9.17, 15) is 0 Å². The van der Waals surface area contributed by atoms with Gasteiger partial charge in [-0.25, -0.2) is 0 Å². The van der Waals surface area contributed by atoms with Crippen LogP contribution in [0.3, 0.4) is 0 Å². The van der Waals surface area contributed by atoms with E-state index in [1.165, 1.54) is 47.5 Å². The molecule has 0 aliphatic carbocycles. The van der Waals surface area contributed by atoms with E-state index in [0.717, 1.165) is 0 Å². The summed E-state index contributed by atoms with van der Waals surface area (Å²) in [4.78, 5) is 0. The molecule has 4 aromatic carbocycles. The highest BCUT2D eigenvalue weighted by Crippen LogP contribution is 2.35. The third-order valence-corrected chi connectivity index (χ3v) is 8.32. The molecule has 0 unspecified atom stereocenters. The molecular formula is C24H14I2S2. The zero-order valence-corrected chi connectivity index (χ0v) is 20.6. The van der Waals surface area contributed by atoms with E-state index in [1.54, 1.807) is 0 Å². The van der Waals surface area contributed by atoms with Gasteiger partial charge >= 0.3 is 0 Å². The van der Waals surface area contributed by atoms with Crippen molar-refractivity contribution in [2.45, 2.75) is 0 Å². The molecule has 0 aliphatic heterocycles. The first-order chi connectivity index (χ1) is 13.7. The second-order valence-corrected chi connectivity index (χ2v) is 11.1. The van der Waals surface area contributed by atoms with E-state index in [4.69, 9.17) is 0 Å². The fourth-order valence-corrected chi connectivity index (χ4v) is 6.55. The number of halogens is 2. The molecule has 0 bridgehead atoms. The van der Waals surface area contributed by atoms with Gasteiger partial charge in [0, 0.05) is 47.5 Å². The molecule has 0 saturated heterocycles. The summed E-state index contributed by atoms with van der Waals surface area (Å²) in [7, 11) is 0. The normalized spacial score (nSPS) is 11.2. The van der Waals surface area contributed by atoms with Crippen LogP contribution < -0.4 is 0 Å². The van der Waals surface area contributed by atoms with Crippen LogP contribution in [0.4, 0.5) is 0 Å². The molecule has 4 heteroatoms. The van der Waals surface area contributed by atoms with Crippen molar-refractivity contribution in [3.05, 3.63) is 92.1 Å². The van der Waals surface area contributed by atoms with Crippen molar-refractivity contribution < 1.29 is 0 Å². The van der Waals surface area contributed by atoms with E-state index in [2.05, 4.69) is 130 Å². The highest BCUT2D eigenvalue weighted by molar-refractivity contribution is 14.1. The maximum Gasteiger partial charge on any atom is 0.0356 e. The van der Waals surface area contributed by atoms with Crippen LogP contribution in [0.2, 0.25) is 0 Å². The van der Waals surface area contributed by atoms with Gasteiger partial charge in [0.25, 0.3) is 0 Å². The topological polar surface area (TPSA) is 0 Å². The minimum atomic E-state index is 1.30. The molecule has 0 aliphatic rings. The second kappa shape index (κ2) is 7.89. The van der Waals surface area contributed by atoms with Gasteiger partial charge in [-0.05, 0) is 93.7 Å². The average molecular weight is 620 g/mol. The van der Waals surface area contributed by atoms with Crippen LogP contribution in [0.5, 0.6) is 0 Å². The van der Waals surface area contributed by atoms with Crippen LogP contribution in [-0.4, -0.2) is 0 Å². The van der Waals surface area contributed by atoms with Crippen molar-refractivity contribution in [1.82, 2.24) is 0 Å². The fourth-order valence-electron chi connectivity index (χ4n) is 3.40. The van der Waals surface area contributed by atoms with Gasteiger partial charge in [0.05, 0.1) is 0 Å². The van der Waals surface area contributed by atoms with E-state index >= 15 is 0 Å². The highest BCUT2D eigenvalue weighted by atomic mass is 127. The van der Waals surface area contributed by atoms with E-state index < -0.39 is 0 Å². The van der Waals surface area contributed by atoms with E-state index in [0.29, 0.717) is 0 Å². The van der Waals surface area contributed by atoms with Gasteiger partial charge in [-0.2, -0.15) is 0 Å². The summed E-state index contributed by atoms with van der Waals surface area (Å²) in [6.07, 6.45) is 0. The van der Waals surface area contributed by atoms with Gasteiger partial charge in [0.15, 0.2) is 0 Å². The Morgan fingerprint density at radius 1 is 0.429 bits per heavy atom. The molecule has 6 aromatic rings. The maximum absolute atomic E-state index is 2.37. The lowest BCUT2D eigenvalue weighted by Gasteiger charge is -1.93. The zero-order valence-electron chi connectivity index (χ0n) is 14.7. The van der Waals surface area contributed by atoms with Crippen molar-refractivity contribution in [2.75, 3.05) is 0 Å². The molecule has 0 saturated carbocycles. The summed E-state index contributed by atoms with van der Waals surface area (Å²) in [5.74, 6) is 0. The van der Waals surface area contributed by atoms with Crippen molar-refractivity contribution in [1.29, 1.82) is 0 Å². The number of fused-ring (bicyclic) bond motifs is 6. The van der Waals surface area contributed by atoms with Crippen LogP contribution in [0, 0.1) is 7.14 Å². The molecule has 136 valence electrons. The molecule has 0 spiro atoms. The Morgan fingerprint density at radius 3 is 1.29 bits per heavy atom. The summed E-state index contributed by atoms with van der Waals surface area (Å²) in [6.45, 7) is 0. The van der Waals surface area contributed by atoms with Gasteiger partial charge < -0.3 is 0 Å². The third kappa shape index (κ3) is 3.56. The summed E-state index contributed by atoms with van der Waals surface area (Å²) >= 11 is 8.47. The molecule has 0 nitrogen and oxygen atoms in total. The predicted molar refractivity (Wildman–Crippen MR) is 144 cm³/mol. The lowest BCUT2D eigenvalue weighted by molar-refractivity contribution is 1.74. The van der Waals surface area contributed by atoms with Crippen LogP contribution in [0.1, 0.15) is 0 Å². The standard InChI is InChI=1S/C12H6I2S.C12H8S/c13-7-1-3-11-9(5-7)10-6-8(14)2-4-12(10)15-11;1-3-7-11-9(5-1)10-6-2-4-8-12(10)13-11/h1-6H;1-8H. The van der Waals surface area contributed by atoms with Crippen molar-refractivity contribution in [3.63, 3.8) is 0 Å². The number of rotatable bonds is 0. The molecular weight excluding hydrogens is 606 g/mol. The molecule has 0 N–H and O–H groups in total. The molecule has 28 heavy (non-hydrogen) atoms. The highest BCUT2D eigenvalue weighted by Gasteiger charge is 2.05. The Hall–Kier alpha value is -1.22. The van der Waals surface area contributed by atoms with Crippen LogP contribution in [0.25, 0.3) is 40.3 Å². The van der Waals surface area contributed by atoms with Gasteiger partial charge in [-0.15, -0.1) is 22.7 Å². The molecule has 2 heterocycles. The lowest BCUT2D eigenvalue weighted by atomic mass is 10.2. The Morgan fingerprint density at radius 2 is 0.821 bits per heavy atom. The van der Waals surface area contributed by atoms with Crippen molar-refractivity contribution in [2.24, 2.45) is 0 Å². The summed E-state index contributed by atoms with van der Waals surface area (Å²) in [6, 6.07) is 30.4. The lowest BCUT2D eigenvalue weighted by Crippen LogP contribution is -1.71. The average Bonchev–Trinajstić information content (AvgIpc) is 3.26. The van der Waals surface area contributed by atoms with Gasteiger partial charge in [0.1, 0.15) is 0 Å². The van der Waals surface area contributed by atoms with Gasteiger partial charge in [0.2, 0.25) is 0 Å². The Bertz CT molecular complexity index is 1340. The van der Waals surface area contributed by atoms with Gasteiger partial charge in [-0.1, -0.05) is 36.4 Å². The fraction of sp³-hybridized carbons (Fsp3) is 0. The predicted octanol–water partition coefficient (Wildman–Crippen LogP) is 9.32. The van der Waals surface area contributed by atoms with Crippen molar-refractivity contribution >= 4 is 108 Å². The Balaban J connectivity index is 0.000000123. The summed E-state index contributed by atoms with van der Waals surface area (Å²) in [5.41, 5.74) is 0. The van der Waals surface area contributed by atoms with Crippen molar-refractivity contribution in [3.8, 4) is 0 Å². The first kappa shape index (κ1) is 18.8. The first-order valence-electron chi connectivity index (χ1n) is 8.83. The Kier molecular flexibility index (Phi) is 5.30. The van der Waals surface area contributed by atoms with E-state index in [-0.39, 0.29) is 0 Å². The number of benzene rings is 4. The molecule has 2 aromatic heterocycles. The monoisotopic (exact) mass is 620 g/mol. The minimum absolute atomic E-state index is 1.30. The first-order valence-corrected chi connectivity index (χ1v) is 12.6. The van der Waals surface area contributed by atoms with Gasteiger partial charge in [-0.3, -0.25) is 0 Å². The number of hydrogen-bond donors (Lipinski definition) is 0. The third-order valence-electron chi connectivity index (χ3n) is 4.68. The molecule has 0 radical (unpaired) electrons. The quantitative estimate of drug-likeness (QED) is 0.149. The van der Waals surface area contributed by atoms with Crippen LogP contribution >= 0.6 is 67.9 Å². The van der Waals surface area contributed by atoms with E-state index in [1.807, 2.05) is 22.7 Å². The molecule has 0 fully saturated rings. The number of hydrogen-bond acceptors (Lipinski definition) is 2. The largest absolute Gasteiger partial charge is 0.135 e. The minimum Gasteiger partial charge on any atom is -0.135 e. The summed E-state index contributed by atoms with van der Waals surface area (Å²) < 4.78 is 8.13. The molecule has 0 atom stereocenters. The molecule has 0 amide bonds. The Labute approximate surface area is 198 Å². The number of thiophene rings is 2. The smallest absolute Gasteiger partial charge is 0.0356 e. The summed E-state index contributed by atoms with van der Waals surface area (Å²) in [5, 5.41) is 5.53. The van der Waals surface area contributed by atoms with Crippen LogP contribution in [-0.2, 0) is 0 Å².